The second-order valence-electron chi connectivity index (χ2n) is 3.11. The van der Waals surface area contributed by atoms with Crippen LogP contribution in [0, 0.1) is 0 Å². The van der Waals surface area contributed by atoms with E-state index in [2.05, 4.69) is 4.98 Å². The Hall–Kier alpha value is -1.64. The second-order valence-corrected chi connectivity index (χ2v) is 3.11. The highest BCUT2D eigenvalue weighted by Crippen LogP contribution is 2.14. The summed E-state index contributed by atoms with van der Waals surface area (Å²) in [6.07, 6.45) is 3.68. The van der Waals surface area contributed by atoms with Crippen molar-refractivity contribution in [3.63, 3.8) is 0 Å². The molecule has 0 saturated heterocycles. The highest BCUT2D eigenvalue weighted by molar-refractivity contribution is 5.95. The molecule has 0 N–H and O–H groups in total. The van der Waals surface area contributed by atoms with E-state index in [1.54, 1.807) is 6.20 Å². The van der Waals surface area contributed by atoms with Gasteiger partial charge in [-0.05, 0) is 12.1 Å². The van der Waals surface area contributed by atoms with Crippen LogP contribution >= 0.6 is 0 Å². The molecule has 66 valence electrons. The molecule has 0 bridgehead atoms. The van der Waals surface area contributed by atoms with Gasteiger partial charge in [0.1, 0.15) is 5.69 Å². The van der Waals surface area contributed by atoms with Crippen LogP contribution in [0.5, 0.6) is 0 Å². The number of aryl methyl sites for hydroxylation is 1. The highest BCUT2D eigenvalue weighted by Gasteiger charge is 2.03. The van der Waals surface area contributed by atoms with Crippen LogP contribution in [0.25, 0.3) is 10.9 Å². The van der Waals surface area contributed by atoms with E-state index in [0.29, 0.717) is 5.69 Å². The number of fused-ring (bicyclic) bond motifs is 1. The Morgan fingerprint density at radius 3 is 3.00 bits per heavy atom. The molecule has 0 fully saturated rings. The van der Waals surface area contributed by atoms with E-state index in [1.807, 2.05) is 29.9 Å². The zero-order valence-corrected chi connectivity index (χ0v) is 7.61. The smallest absolute Gasteiger partial charge is 0.178 e. The summed E-state index contributed by atoms with van der Waals surface area (Å²) in [4.78, 5) is 15.1. The summed E-state index contributed by atoms with van der Waals surface area (Å²) >= 11 is 0. The SMILES string of the molecule is CC(=O)c1cc2c(ccn2C)cn1. The van der Waals surface area contributed by atoms with Crippen molar-refractivity contribution in [3.05, 3.63) is 30.2 Å². The second kappa shape index (κ2) is 2.69. The van der Waals surface area contributed by atoms with Crippen LogP contribution in [-0.4, -0.2) is 15.3 Å². The van der Waals surface area contributed by atoms with Gasteiger partial charge in [-0.3, -0.25) is 9.78 Å². The average molecular weight is 174 g/mol. The predicted molar refractivity (Wildman–Crippen MR) is 50.7 cm³/mol. The minimum atomic E-state index is 0.00287. The van der Waals surface area contributed by atoms with E-state index in [4.69, 9.17) is 0 Å². The largest absolute Gasteiger partial charge is 0.350 e. The molecule has 0 amide bonds. The standard InChI is InChI=1S/C10H10N2O/c1-7(13)9-5-10-8(6-11-9)3-4-12(10)2/h3-6H,1-2H3. The summed E-state index contributed by atoms with van der Waals surface area (Å²) in [6.45, 7) is 1.52. The molecule has 0 unspecified atom stereocenters. The number of carbonyl (C=O) groups is 1. The van der Waals surface area contributed by atoms with Crippen molar-refractivity contribution in [3.8, 4) is 0 Å². The quantitative estimate of drug-likeness (QED) is 0.617. The van der Waals surface area contributed by atoms with Gasteiger partial charge in [0.2, 0.25) is 0 Å². The fourth-order valence-electron chi connectivity index (χ4n) is 1.35. The number of rotatable bonds is 1. The summed E-state index contributed by atoms with van der Waals surface area (Å²) in [5.74, 6) is 0.00287. The van der Waals surface area contributed by atoms with Gasteiger partial charge in [0.05, 0.1) is 5.52 Å². The fourth-order valence-corrected chi connectivity index (χ4v) is 1.35. The number of pyridine rings is 1. The van der Waals surface area contributed by atoms with Gasteiger partial charge in [-0.15, -0.1) is 0 Å². The minimum Gasteiger partial charge on any atom is -0.350 e. The molecule has 0 atom stereocenters. The lowest BCUT2D eigenvalue weighted by molar-refractivity contribution is 0.101. The van der Waals surface area contributed by atoms with Gasteiger partial charge in [0.25, 0.3) is 0 Å². The van der Waals surface area contributed by atoms with Crippen molar-refractivity contribution in [2.45, 2.75) is 6.92 Å². The van der Waals surface area contributed by atoms with Gasteiger partial charge < -0.3 is 4.57 Å². The molecular weight excluding hydrogens is 164 g/mol. The number of nitrogens with zero attached hydrogens (tertiary/aromatic N) is 2. The molecule has 0 aliphatic rings. The molecule has 13 heavy (non-hydrogen) atoms. The number of carbonyl (C=O) groups excluding carboxylic acids is 1. The van der Waals surface area contributed by atoms with Crippen molar-refractivity contribution >= 4 is 16.7 Å². The van der Waals surface area contributed by atoms with E-state index in [-0.39, 0.29) is 5.78 Å². The predicted octanol–water partition coefficient (Wildman–Crippen LogP) is 1.78. The molecular formula is C10H10N2O. The summed E-state index contributed by atoms with van der Waals surface area (Å²) in [5, 5.41) is 1.06. The van der Waals surface area contributed by atoms with Gasteiger partial charge in [0, 0.05) is 31.8 Å². The molecule has 3 nitrogen and oxygen atoms in total. The van der Waals surface area contributed by atoms with Crippen LogP contribution in [0.4, 0.5) is 0 Å². The Bertz CT molecular complexity index is 471. The van der Waals surface area contributed by atoms with Crippen LogP contribution in [0.3, 0.4) is 0 Å². The Morgan fingerprint density at radius 2 is 2.31 bits per heavy atom. The molecule has 2 aromatic heterocycles. The molecule has 2 rings (SSSR count). The van der Waals surface area contributed by atoms with Crippen LogP contribution < -0.4 is 0 Å². The van der Waals surface area contributed by atoms with E-state index in [0.717, 1.165) is 10.9 Å². The monoisotopic (exact) mass is 174 g/mol. The van der Waals surface area contributed by atoms with Crippen LogP contribution in [0.15, 0.2) is 24.5 Å². The van der Waals surface area contributed by atoms with Gasteiger partial charge in [-0.1, -0.05) is 0 Å². The molecule has 0 saturated carbocycles. The average Bonchev–Trinajstić information content (AvgIpc) is 2.47. The van der Waals surface area contributed by atoms with Gasteiger partial charge in [-0.25, -0.2) is 0 Å². The van der Waals surface area contributed by atoms with Crippen LogP contribution in [-0.2, 0) is 7.05 Å². The number of hydrogen-bond donors (Lipinski definition) is 0. The van der Waals surface area contributed by atoms with Gasteiger partial charge in [-0.2, -0.15) is 0 Å². The van der Waals surface area contributed by atoms with E-state index < -0.39 is 0 Å². The maximum absolute atomic E-state index is 11.1. The Labute approximate surface area is 76.0 Å². The lowest BCUT2D eigenvalue weighted by Crippen LogP contribution is -1.96. The van der Waals surface area contributed by atoms with Gasteiger partial charge in [0.15, 0.2) is 5.78 Å². The zero-order chi connectivity index (χ0) is 9.42. The molecule has 0 radical (unpaired) electrons. The fraction of sp³-hybridized carbons (Fsp3) is 0.200. The summed E-state index contributed by atoms with van der Waals surface area (Å²) in [5.41, 5.74) is 1.56. The van der Waals surface area contributed by atoms with Crippen molar-refractivity contribution in [2.24, 2.45) is 7.05 Å². The van der Waals surface area contributed by atoms with Crippen molar-refractivity contribution in [1.29, 1.82) is 0 Å². The van der Waals surface area contributed by atoms with E-state index >= 15 is 0 Å². The summed E-state index contributed by atoms with van der Waals surface area (Å²) in [6, 6.07) is 3.80. The van der Waals surface area contributed by atoms with E-state index in [9.17, 15) is 4.79 Å². The lowest BCUT2D eigenvalue weighted by Gasteiger charge is -1.97. The third kappa shape index (κ3) is 1.22. The first kappa shape index (κ1) is 7.98. The van der Waals surface area contributed by atoms with Gasteiger partial charge >= 0.3 is 0 Å². The Morgan fingerprint density at radius 1 is 1.54 bits per heavy atom. The molecule has 3 heteroatoms. The normalized spacial score (nSPS) is 10.6. The summed E-state index contributed by atoms with van der Waals surface area (Å²) < 4.78 is 1.98. The molecule has 0 aromatic carbocycles. The minimum absolute atomic E-state index is 0.00287. The zero-order valence-electron chi connectivity index (χ0n) is 7.61. The topological polar surface area (TPSA) is 34.9 Å². The lowest BCUT2D eigenvalue weighted by atomic mass is 10.2. The third-order valence-corrected chi connectivity index (χ3v) is 2.13. The third-order valence-electron chi connectivity index (χ3n) is 2.13. The number of Topliss-reactive ketones (excluding diaryl/α,β-unsaturated/α-hetero) is 1. The maximum Gasteiger partial charge on any atom is 0.178 e. The van der Waals surface area contributed by atoms with E-state index in [1.165, 1.54) is 6.92 Å². The number of hydrogen-bond acceptors (Lipinski definition) is 2. The van der Waals surface area contributed by atoms with Crippen molar-refractivity contribution in [1.82, 2.24) is 9.55 Å². The summed E-state index contributed by atoms with van der Waals surface area (Å²) in [7, 11) is 1.95. The van der Waals surface area contributed by atoms with Crippen molar-refractivity contribution in [2.75, 3.05) is 0 Å². The Kier molecular flexibility index (Phi) is 1.65. The highest BCUT2D eigenvalue weighted by atomic mass is 16.1. The first-order chi connectivity index (χ1) is 6.18. The molecule has 0 spiro atoms. The number of aromatic nitrogens is 2. The van der Waals surface area contributed by atoms with Crippen molar-refractivity contribution < 1.29 is 4.79 Å². The Balaban J connectivity index is 2.72. The molecule has 0 aliphatic carbocycles. The molecule has 2 heterocycles. The maximum atomic E-state index is 11.1. The molecule has 2 aromatic rings. The molecule has 0 aliphatic heterocycles. The van der Waals surface area contributed by atoms with Crippen LogP contribution in [0.2, 0.25) is 0 Å². The first-order valence-electron chi connectivity index (χ1n) is 4.10. The first-order valence-corrected chi connectivity index (χ1v) is 4.10. The van der Waals surface area contributed by atoms with Crippen LogP contribution in [0.1, 0.15) is 17.4 Å². The number of ketones is 1.